The zero-order valence-electron chi connectivity index (χ0n) is 18.5. The molecule has 0 radical (unpaired) electrons. The Morgan fingerprint density at radius 1 is 0.621 bits per heavy atom. The molecule has 0 spiro atoms. The van der Waals surface area contributed by atoms with Crippen molar-refractivity contribution in [1.29, 1.82) is 0 Å². The first-order valence-electron chi connectivity index (χ1n) is 10.1. The minimum atomic E-state index is -0.308. The molecule has 0 saturated heterocycles. The zero-order chi connectivity index (χ0) is 22.2. The molecule has 0 atom stereocenters. The number of carbonyl (C=O) groups is 2. The van der Waals surface area contributed by atoms with Gasteiger partial charge in [0, 0.05) is 23.9 Å². The first-order valence-corrected chi connectivity index (χ1v) is 10.1. The standard InChI is InChI=1S/C20H40N2O7/c1-19(2,13-25-9-11-28-17(23)5-7-21)15-27-16-20(3,4)14-26-10-12-29-18(24)6-8-22/h5-16,21-22H2,1-4H3. The summed E-state index contributed by atoms with van der Waals surface area (Å²) in [7, 11) is 0. The van der Waals surface area contributed by atoms with E-state index in [0.29, 0.717) is 39.6 Å². The van der Waals surface area contributed by atoms with Gasteiger partial charge in [-0.05, 0) is 0 Å². The van der Waals surface area contributed by atoms with Crippen molar-refractivity contribution >= 4 is 11.9 Å². The summed E-state index contributed by atoms with van der Waals surface area (Å²) in [6.45, 7) is 11.9. The Bertz CT molecular complexity index is 416. The monoisotopic (exact) mass is 420 g/mol. The van der Waals surface area contributed by atoms with Gasteiger partial charge < -0.3 is 35.2 Å². The van der Waals surface area contributed by atoms with Crippen LogP contribution in [0.4, 0.5) is 0 Å². The number of ether oxygens (including phenoxy) is 5. The molecule has 0 amide bonds. The van der Waals surface area contributed by atoms with Crippen molar-refractivity contribution in [3.8, 4) is 0 Å². The van der Waals surface area contributed by atoms with Crippen LogP contribution in [0, 0.1) is 10.8 Å². The highest BCUT2D eigenvalue weighted by Gasteiger charge is 2.23. The third-order valence-corrected chi connectivity index (χ3v) is 3.65. The summed E-state index contributed by atoms with van der Waals surface area (Å²) in [5.74, 6) is -0.617. The van der Waals surface area contributed by atoms with E-state index < -0.39 is 0 Å². The largest absolute Gasteiger partial charge is 0.463 e. The molecule has 9 heteroatoms. The van der Waals surface area contributed by atoms with Crippen molar-refractivity contribution in [3.63, 3.8) is 0 Å². The first kappa shape index (κ1) is 27.7. The second kappa shape index (κ2) is 15.6. The summed E-state index contributed by atoms with van der Waals surface area (Å²) < 4.78 is 27.0. The van der Waals surface area contributed by atoms with E-state index in [2.05, 4.69) is 0 Å². The lowest BCUT2D eigenvalue weighted by Crippen LogP contribution is -2.31. The first-order chi connectivity index (χ1) is 13.6. The summed E-state index contributed by atoms with van der Waals surface area (Å²) in [6, 6.07) is 0. The Hall–Kier alpha value is -1.26. The third-order valence-electron chi connectivity index (χ3n) is 3.65. The molecular formula is C20H40N2O7. The average Bonchev–Trinajstić information content (AvgIpc) is 2.61. The maximum atomic E-state index is 11.2. The molecule has 0 fully saturated rings. The van der Waals surface area contributed by atoms with Crippen molar-refractivity contribution in [1.82, 2.24) is 0 Å². The number of carbonyl (C=O) groups excluding carboxylic acids is 2. The van der Waals surface area contributed by atoms with Crippen LogP contribution >= 0.6 is 0 Å². The maximum Gasteiger partial charge on any atom is 0.307 e. The van der Waals surface area contributed by atoms with E-state index in [-0.39, 0.29) is 61.9 Å². The van der Waals surface area contributed by atoms with Gasteiger partial charge in [-0.25, -0.2) is 0 Å². The summed E-state index contributed by atoms with van der Waals surface area (Å²) in [5.41, 5.74) is 10.2. The van der Waals surface area contributed by atoms with E-state index in [4.69, 9.17) is 35.2 Å². The van der Waals surface area contributed by atoms with Gasteiger partial charge in [0.1, 0.15) is 13.2 Å². The van der Waals surface area contributed by atoms with Crippen molar-refractivity contribution in [2.75, 3.05) is 65.9 Å². The molecule has 0 aromatic rings. The van der Waals surface area contributed by atoms with E-state index in [1.165, 1.54) is 0 Å². The molecule has 0 aliphatic heterocycles. The minimum absolute atomic E-state index is 0.171. The highest BCUT2D eigenvalue weighted by Crippen LogP contribution is 2.20. The SMILES string of the molecule is CC(C)(COCCOC(=O)CCN)COCC(C)(C)COCCOC(=O)CCN. The van der Waals surface area contributed by atoms with Crippen molar-refractivity contribution in [2.24, 2.45) is 22.3 Å². The topological polar surface area (TPSA) is 132 Å². The third kappa shape index (κ3) is 17.3. The fourth-order valence-electron chi connectivity index (χ4n) is 2.19. The van der Waals surface area contributed by atoms with Crippen molar-refractivity contribution < 1.29 is 33.3 Å². The predicted molar refractivity (Wildman–Crippen MR) is 109 cm³/mol. The molecule has 0 aliphatic rings. The molecule has 0 aromatic carbocycles. The van der Waals surface area contributed by atoms with Crippen LogP contribution < -0.4 is 11.5 Å². The van der Waals surface area contributed by atoms with Gasteiger partial charge in [0.05, 0.1) is 52.5 Å². The lowest BCUT2D eigenvalue weighted by molar-refractivity contribution is -0.146. The van der Waals surface area contributed by atoms with Crippen molar-refractivity contribution in [2.45, 2.75) is 40.5 Å². The fraction of sp³-hybridized carbons (Fsp3) is 0.900. The van der Waals surface area contributed by atoms with Gasteiger partial charge in [-0.1, -0.05) is 27.7 Å². The highest BCUT2D eigenvalue weighted by molar-refractivity contribution is 5.69. The van der Waals surface area contributed by atoms with E-state index >= 15 is 0 Å². The van der Waals surface area contributed by atoms with Gasteiger partial charge in [0.2, 0.25) is 0 Å². The summed E-state index contributed by atoms with van der Waals surface area (Å²) in [4.78, 5) is 22.4. The van der Waals surface area contributed by atoms with E-state index in [1.807, 2.05) is 27.7 Å². The lowest BCUT2D eigenvalue weighted by Gasteiger charge is -2.29. The van der Waals surface area contributed by atoms with Crippen LogP contribution in [0.3, 0.4) is 0 Å². The predicted octanol–water partition coefficient (Wildman–Crippen LogP) is 0.873. The molecule has 0 unspecified atom stereocenters. The van der Waals surface area contributed by atoms with E-state index in [9.17, 15) is 9.59 Å². The molecule has 0 saturated carbocycles. The Morgan fingerprint density at radius 2 is 0.966 bits per heavy atom. The number of hydrogen-bond acceptors (Lipinski definition) is 9. The molecule has 0 bridgehead atoms. The molecule has 29 heavy (non-hydrogen) atoms. The van der Waals surface area contributed by atoms with Crippen LogP contribution in [0.15, 0.2) is 0 Å². The van der Waals surface area contributed by atoms with Gasteiger partial charge in [0.15, 0.2) is 0 Å². The van der Waals surface area contributed by atoms with Crippen LogP contribution in [0.2, 0.25) is 0 Å². The molecule has 0 rings (SSSR count). The smallest absolute Gasteiger partial charge is 0.307 e. The van der Waals surface area contributed by atoms with Gasteiger partial charge >= 0.3 is 11.9 Å². The maximum absolute atomic E-state index is 11.2. The Labute approximate surface area is 174 Å². The normalized spacial score (nSPS) is 12.1. The number of hydrogen-bond donors (Lipinski definition) is 2. The molecule has 9 nitrogen and oxygen atoms in total. The Morgan fingerprint density at radius 3 is 1.31 bits per heavy atom. The van der Waals surface area contributed by atoms with E-state index in [0.717, 1.165) is 0 Å². The second-order valence-corrected chi connectivity index (χ2v) is 8.44. The molecular weight excluding hydrogens is 380 g/mol. The number of rotatable bonds is 18. The average molecular weight is 421 g/mol. The molecule has 4 N–H and O–H groups in total. The lowest BCUT2D eigenvalue weighted by atomic mass is 9.94. The summed E-state index contributed by atoms with van der Waals surface area (Å²) >= 11 is 0. The van der Waals surface area contributed by atoms with E-state index in [1.54, 1.807) is 0 Å². The molecule has 0 heterocycles. The van der Waals surface area contributed by atoms with Gasteiger partial charge in [-0.15, -0.1) is 0 Å². The van der Waals surface area contributed by atoms with Crippen LogP contribution in [-0.4, -0.2) is 77.9 Å². The highest BCUT2D eigenvalue weighted by atomic mass is 16.6. The summed E-state index contributed by atoms with van der Waals surface area (Å²) in [6.07, 6.45) is 0.441. The summed E-state index contributed by atoms with van der Waals surface area (Å²) in [5, 5.41) is 0. The van der Waals surface area contributed by atoms with Crippen LogP contribution in [-0.2, 0) is 33.3 Å². The van der Waals surface area contributed by atoms with Crippen LogP contribution in [0.25, 0.3) is 0 Å². The Kier molecular flexibility index (Phi) is 14.9. The molecule has 0 aromatic heterocycles. The molecule has 0 aliphatic carbocycles. The van der Waals surface area contributed by atoms with Gasteiger partial charge in [0.25, 0.3) is 0 Å². The fourth-order valence-corrected chi connectivity index (χ4v) is 2.19. The second-order valence-electron chi connectivity index (χ2n) is 8.44. The van der Waals surface area contributed by atoms with Crippen LogP contribution in [0.1, 0.15) is 40.5 Å². The number of nitrogens with two attached hydrogens (primary N) is 2. The Balaban J connectivity index is 3.83. The number of esters is 2. The van der Waals surface area contributed by atoms with Crippen LogP contribution in [0.5, 0.6) is 0 Å². The van der Waals surface area contributed by atoms with Crippen molar-refractivity contribution in [3.05, 3.63) is 0 Å². The zero-order valence-corrected chi connectivity index (χ0v) is 18.5. The molecule has 172 valence electrons. The van der Waals surface area contributed by atoms with Gasteiger partial charge in [-0.2, -0.15) is 0 Å². The minimum Gasteiger partial charge on any atom is -0.463 e. The quantitative estimate of drug-likeness (QED) is 0.245. The van der Waals surface area contributed by atoms with Gasteiger partial charge in [-0.3, -0.25) is 9.59 Å².